The maximum atomic E-state index is 12.9. The lowest BCUT2D eigenvalue weighted by Gasteiger charge is -2.09. The number of amides is 1. The van der Waals surface area contributed by atoms with Crippen LogP contribution in [-0.4, -0.2) is 21.4 Å². The van der Waals surface area contributed by atoms with Crippen LogP contribution in [0, 0.1) is 19.7 Å². The van der Waals surface area contributed by atoms with Gasteiger partial charge in [-0.2, -0.15) is 0 Å². The van der Waals surface area contributed by atoms with Crippen molar-refractivity contribution >= 4 is 17.7 Å². The van der Waals surface area contributed by atoms with E-state index < -0.39 is 5.25 Å². The molecule has 140 valence electrons. The highest BCUT2D eigenvalue weighted by Gasteiger charge is 2.18. The second-order valence-corrected chi connectivity index (χ2v) is 7.65. The molecule has 1 N–H and O–H groups in total. The molecule has 1 atom stereocenters. The molecule has 27 heavy (non-hydrogen) atoms. The van der Waals surface area contributed by atoms with E-state index in [-0.39, 0.29) is 11.7 Å². The summed E-state index contributed by atoms with van der Waals surface area (Å²) in [5.41, 5.74) is 3.92. The molecule has 2 aromatic carbocycles. The number of thioether (sulfide) groups is 1. The number of aryl methyl sites for hydroxylation is 2. The molecular weight excluding hydrogens is 365 g/mol. The van der Waals surface area contributed by atoms with Gasteiger partial charge >= 0.3 is 0 Å². The molecule has 3 rings (SSSR count). The highest BCUT2D eigenvalue weighted by atomic mass is 32.2. The minimum atomic E-state index is -0.405. The van der Waals surface area contributed by atoms with Crippen molar-refractivity contribution < 1.29 is 13.6 Å². The van der Waals surface area contributed by atoms with E-state index in [1.54, 1.807) is 19.1 Å². The smallest absolute Gasteiger partial charge is 0.277 e. The van der Waals surface area contributed by atoms with Gasteiger partial charge in [-0.05, 0) is 50.6 Å². The summed E-state index contributed by atoms with van der Waals surface area (Å²) in [6, 6.07) is 12.0. The second-order valence-electron chi connectivity index (χ2n) is 6.35. The summed E-state index contributed by atoms with van der Waals surface area (Å²) in [6.45, 7) is 6.12. The van der Waals surface area contributed by atoms with Crippen LogP contribution in [0.3, 0.4) is 0 Å². The van der Waals surface area contributed by atoms with Gasteiger partial charge in [-0.15, -0.1) is 10.2 Å². The van der Waals surface area contributed by atoms with Crippen molar-refractivity contribution in [2.45, 2.75) is 37.8 Å². The third-order valence-electron chi connectivity index (χ3n) is 3.90. The number of hydrogen-bond donors (Lipinski definition) is 1. The quantitative estimate of drug-likeness (QED) is 0.641. The van der Waals surface area contributed by atoms with Crippen LogP contribution in [-0.2, 0) is 11.3 Å². The van der Waals surface area contributed by atoms with Crippen molar-refractivity contribution in [3.63, 3.8) is 0 Å². The summed E-state index contributed by atoms with van der Waals surface area (Å²) < 4.78 is 18.6. The monoisotopic (exact) mass is 385 g/mol. The molecule has 0 aliphatic rings. The minimum absolute atomic E-state index is 0.157. The maximum absolute atomic E-state index is 12.9. The molecule has 5 nitrogen and oxygen atoms in total. The third kappa shape index (κ3) is 5.17. The van der Waals surface area contributed by atoms with E-state index in [1.165, 1.54) is 23.9 Å². The first-order valence-corrected chi connectivity index (χ1v) is 9.39. The first kappa shape index (κ1) is 19.1. The van der Waals surface area contributed by atoms with Gasteiger partial charge in [0.25, 0.3) is 5.22 Å². The summed E-state index contributed by atoms with van der Waals surface area (Å²) in [7, 11) is 0. The summed E-state index contributed by atoms with van der Waals surface area (Å²) in [6.07, 6.45) is 0. The lowest BCUT2D eigenvalue weighted by molar-refractivity contribution is -0.120. The summed E-state index contributed by atoms with van der Waals surface area (Å²) in [4.78, 5) is 12.3. The van der Waals surface area contributed by atoms with Crippen molar-refractivity contribution in [2.24, 2.45) is 0 Å². The Kier molecular flexibility index (Phi) is 5.91. The highest BCUT2D eigenvalue weighted by molar-refractivity contribution is 8.00. The zero-order valence-corrected chi connectivity index (χ0v) is 16.1. The van der Waals surface area contributed by atoms with Gasteiger partial charge in [0.15, 0.2) is 0 Å². The zero-order valence-electron chi connectivity index (χ0n) is 15.3. The first-order valence-electron chi connectivity index (χ1n) is 8.51. The summed E-state index contributed by atoms with van der Waals surface area (Å²) in [5.74, 6) is -0.0244. The molecule has 0 bridgehead atoms. The Morgan fingerprint density at radius 2 is 1.81 bits per heavy atom. The molecule has 0 fully saturated rings. The molecule has 0 saturated heterocycles. The van der Waals surface area contributed by atoms with E-state index in [0.717, 1.165) is 22.3 Å². The average molecular weight is 385 g/mol. The van der Waals surface area contributed by atoms with E-state index in [0.29, 0.717) is 17.7 Å². The number of benzene rings is 2. The largest absolute Gasteiger partial charge is 0.411 e. The average Bonchev–Trinajstić information content (AvgIpc) is 3.08. The van der Waals surface area contributed by atoms with E-state index >= 15 is 0 Å². The maximum Gasteiger partial charge on any atom is 0.277 e. The number of aromatic nitrogens is 2. The Labute approximate surface area is 161 Å². The molecule has 0 aliphatic heterocycles. The lowest BCUT2D eigenvalue weighted by atomic mass is 10.1. The molecule has 1 amide bonds. The second kappa shape index (κ2) is 8.35. The van der Waals surface area contributed by atoms with Gasteiger partial charge in [0, 0.05) is 12.1 Å². The molecule has 0 spiro atoms. The number of hydrogen-bond acceptors (Lipinski definition) is 5. The normalized spacial score (nSPS) is 12.0. The van der Waals surface area contributed by atoms with Gasteiger partial charge in [-0.1, -0.05) is 41.1 Å². The highest BCUT2D eigenvalue weighted by Crippen LogP contribution is 2.27. The van der Waals surface area contributed by atoms with Gasteiger partial charge in [0.1, 0.15) is 5.82 Å². The Bertz CT molecular complexity index is 920. The van der Waals surface area contributed by atoms with Crippen LogP contribution in [0.25, 0.3) is 11.5 Å². The third-order valence-corrected chi connectivity index (χ3v) is 4.84. The van der Waals surface area contributed by atoms with Crippen LogP contribution >= 0.6 is 11.8 Å². The predicted octanol–water partition coefficient (Wildman–Crippen LogP) is 4.29. The molecule has 7 heteroatoms. The molecule has 0 saturated carbocycles. The fourth-order valence-electron chi connectivity index (χ4n) is 2.61. The Morgan fingerprint density at radius 3 is 2.48 bits per heavy atom. The van der Waals surface area contributed by atoms with Crippen molar-refractivity contribution in [1.82, 2.24) is 15.5 Å². The topological polar surface area (TPSA) is 68.0 Å². The number of halogens is 1. The van der Waals surface area contributed by atoms with Crippen molar-refractivity contribution in [3.05, 3.63) is 65.0 Å². The number of nitrogens with zero attached hydrogens (tertiary/aromatic N) is 2. The van der Waals surface area contributed by atoms with E-state index in [4.69, 9.17) is 4.42 Å². The minimum Gasteiger partial charge on any atom is -0.411 e. The Morgan fingerprint density at radius 1 is 1.15 bits per heavy atom. The number of nitrogens with one attached hydrogen (secondary N) is 1. The Balaban J connectivity index is 1.59. The lowest BCUT2D eigenvalue weighted by Crippen LogP contribution is -2.30. The standard InChI is InChI=1S/C20H20FN3O2S/c1-12-8-13(2)10-16(9-12)19-23-24-20(26-19)27-14(3)18(25)22-11-15-4-6-17(21)7-5-15/h4-10,14H,11H2,1-3H3,(H,22,25). The van der Waals surface area contributed by atoms with Crippen molar-refractivity contribution in [1.29, 1.82) is 0 Å². The van der Waals surface area contributed by atoms with Gasteiger partial charge < -0.3 is 9.73 Å². The van der Waals surface area contributed by atoms with Crippen LogP contribution in [0.15, 0.2) is 52.1 Å². The molecule has 3 aromatic rings. The van der Waals surface area contributed by atoms with E-state index in [9.17, 15) is 9.18 Å². The van der Waals surface area contributed by atoms with Crippen LogP contribution in [0.1, 0.15) is 23.6 Å². The zero-order chi connectivity index (χ0) is 19.4. The number of carbonyl (C=O) groups is 1. The van der Waals surface area contributed by atoms with Gasteiger partial charge in [-0.25, -0.2) is 4.39 Å². The molecule has 1 heterocycles. The van der Waals surface area contributed by atoms with Crippen LogP contribution in [0.4, 0.5) is 4.39 Å². The van der Waals surface area contributed by atoms with Crippen LogP contribution < -0.4 is 5.32 Å². The Hall–Kier alpha value is -2.67. The summed E-state index contributed by atoms with van der Waals surface area (Å²) >= 11 is 1.20. The fourth-order valence-corrected chi connectivity index (χ4v) is 3.32. The SMILES string of the molecule is Cc1cc(C)cc(-c2nnc(SC(C)C(=O)NCc3ccc(F)cc3)o2)c1. The van der Waals surface area contributed by atoms with Gasteiger partial charge in [0.05, 0.1) is 5.25 Å². The van der Waals surface area contributed by atoms with Crippen LogP contribution in [0.2, 0.25) is 0 Å². The van der Waals surface area contributed by atoms with Gasteiger partial charge in [-0.3, -0.25) is 4.79 Å². The molecule has 1 aromatic heterocycles. The first-order chi connectivity index (χ1) is 12.9. The molecular formula is C20H20FN3O2S. The van der Waals surface area contributed by atoms with Crippen molar-refractivity contribution in [3.8, 4) is 11.5 Å². The fraction of sp³-hybridized carbons (Fsp3) is 0.250. The van der Waals surface area contributed by atoms with E-state index in [2.05, 4.69) is 21.6 Å². The number of rotatable bonds is 6. The van der Waals surface area contributed by atoms with E-state index in [1.807, 2.05) is 26.0 Å². The molecule has 0 radical (unpaired) electrons. The molecule has 1 unspecified atom stereocenters. The van der Waals surface area contributed by atoms with Crippen molar-refractivity contribution in [2.75, 3.05) is 0 Å². The molecule has 0 aliphatic carbocycles. The summed E-state index contributed by atoms with van der Waals surface area (Å²) in [5, 5.41) is 10.9. The van der Waals surface area contributed by atoms with Gasteiger partial charge in [0.2, 0.25) is 11.8 Å². The predicted molar refractivity (Wildman–Crippen MR) is 103 cm³/mol. The van der Waals surface area contributed by atoms with Crippen LogP contribution in [0.5, 0.6) is 0 Å². The number of carbonyl (C=O) groups excluding carboxylic acids is 1.